The minimum absolute atomic E-state index is 0.0305. The van der Waals surface area contributed by atoms with Gasteiger partial charge in [-0.25, -0.2) is 0 Å². The van der Waals surface area contributed by atoms with Gasteiger partial charge in [-0.05, 0) is 80.2 Å². The Hall–Kier alpha value is -0.860. The van der Waals surface area contributed by atoms with Crippen molar-refractivity contribution < 1.29 is 9.47 Å². The molecule has 1 heterocycles. The maximum Gasteiger partial charge on any atom is 0.157 e. The zero-order valence-corrected chi connectivity index (χ0v) is 16.2. The van der Waals surface area contributed by atoms with Crippen LogP contribution in [-0.4, -0.2) is 20.0 Å². The highest BCUT2D eigenvalue weighted by molar-refractivity contribution is 5.26. The molecule has 1 saturated carbocycles. The molecule has 0 spiro atoms. The summed E-state index contributed by atoms with van der Waals surface area (Å²) in [5, 5.41) is 0. The quantitative estimate of drug-likeness (QED) is 0.595. The maximum atomic E-state index is 5.73. The van der Waals surface area contributed by atoms with Gasteiger partial charge in [0.2, 0.25) is 0 Å². The molecular weight excluding hydrogens is 308 g/mol. The van der Waals surface area contributed by atoms with Gasteiger partial charge in [-0.1, -0.05) is 44.0 Å². The number of methoxy groups -OCH3 is 1. The van der Waals surface area contributed by atoms with E-state index in [1.54, 1.807) is 12.7 Å². The van der Waals surface area contributed by atoms with Crippen molar-refractivity contribution in [3.05, 3.63) is 35.4 Å². The lowest BCUT2D eigenvalue weighted by Crippen LogP contribution is -2.27. The molecule has 0 N–H and O–H groups in total. The molecule has 1 aromatic carbocycles. The summed E-state index contributed by atoms with van der Waals surface area (Å²) in [5.41, 5.74) is 3.06. The first-order chi connectivity index (χ1) is 12.3. The van der Waals surface area contributed by atoms with Crippen LogP contribution in [0.1, 0.15) is 81.8 Å². The Balaban J connectivity index is 1.42. The first-order valence-corrected chi connectivity index (χ1v) is 10.5. The smallest absolute Gasteiger partial charge is 0.157 e. The molecule has 1 aromatic rings. The van der Waals surface area contributed by atoms with Crippen molar-refractivity contribution in [2.45, 2.75) is 83.3 Å². The van der Waals surface area contributed by atoms with E-state index in [4.69, 9.17) is 9.47 Å². The third-order valence-corrected chi connectivity index (χ3v) is 6.43. The minimum Gasteiger partial charge on any atom is -0.356 e. The fourth-order valence-corrected chi connectivity index (χ4v) is 4.72. The zero-order valence-electron chi connectivity index (χ0n) is 16.2. The van der Waals surface area contributed by atoms with Crippen LogP contribution in [0.2, 0.25) is 0 Å². The number of ether oxygens (including phenoxy) is 2. The molecule has 2 aliphatic rings. The first-order valence-electron chi connectivity index (χ1n) is 10.5. The third kappa shape index (κ3) is 5.56. The van der Waals surface area contributed by atoms with Gasteiger partial charge in [0.1, 0.15) is 0 Å². The zero-order chi connectivity index (χ0) is 17.5. The fraction of sp³-hybridized carbons (Fsp3) is 0.739. The van der Waals surface area contributed by atoms with E-state index in [0.29, 0.717) is 5.92 Å². The molecule has 2 fully saturated rings. The molecule has 1 aliphatic heterocycles. The second kappa shape index (κ2) is 9.73. The van der Waals surface area contributed by atoms with E-state index in [0.717, 1.165) is 24.9 Å². The topological polar surface area (TPSA) is 18.5 Å². The van der Waals surface area contributed by atoms with Gasteiger partial charge in [-0.15, -0.1) is 0 Å². The monoisotopic (exact) mass is 344 g/mol. The Kier molecular flexibility index (Phi) is 7.36. The van der Waals surface area contributed by atoms with Gasteiger partial charge >= 0.3 is 0 Å². The molecule has 2 heteroatoms. The number of benzene rings is 1. The van der Waals surface area contributed by atoms with E-state index in [9.17, 15) is 0 Å². The molecule has 3 rings (SSSR count). The van der Waals surface area contributed by atoms with E-state index >= 15 is 0 Å². The van der Waals surface area contributed by atoms with Crippen molar-refractivity contribution in [1.82, 2.24) is 0 Å². The Morgan fingerprint density at radius 2 is 1.64 bits per heavy atom. The van der Waals surface area contributed by atoms with Crippen LogP contribution in [-0.2, 0) is 15.9 Å². The van der Waals surface area contributed by atoms with Gasteiger partial charge in [-0.3, -0.25) is 0 Å². The second-order valence-electron chi connectivity index (χ2n) is 8.23. The summed E-state index contributed by atoms with van der Waals surface area (Å²) >= 11 is 0. The number of hydrogen-bond donors (Lipinski definition) is 0. The van der Waals surface area contributed by atoms with Crippen molar-refractivity contribution in [3.8, 4) is 0 Å². The average Bonchev–Trinajstić information content (AvgIpc) is 2.68. The summed E-state index contributed by atoms with van der Waals surface area (Å²) < 4.78 is 11.0. The molecule has 2 nitrogen and oxygen atoms in total. The molecule has 0 bridgehead atoms. The lowest BCUT2D eigenvalue weighted by atomic mass is 9.77. The molecule has 25 heavy (non-hydrogen) atoms. The van der Waals surface area contributed by atoms with Crippen LogP contribution in [0.5, 0.6) is 0 Å². The van der Waals surface area contributed by atoms with Crippen LogP contribution in [0.25, 0.3) is 0 Å². The van der Waals surface area contributed by atoms with Gasteiger partial charge < -0.3 is 9.47 Å². The standard InChI is InChI=1S/C23H36O2/c1-3-4-18-7-12-21(13-8-18)22-14-9-19(10-15-22)5-6-20-11-16-23(24-2)25-17-20/h9-10,14-15,18,20-21,23H,3-8,11-13,16-17H2,1-2H3. The fourth-order valence-electron chi connectivity index (χ4n) is 4.72. The molecule has 1 aliphatic carbocycles. The van der Waals surface area contributed by atoms with Crippen LogP contribution >= 0.6 is 0 Å². The van der Waals surface area contributed by atoms with Crippen LogP contribution in [0.3, 0.4) is 0 Å². The van der Waals surface area contributed by atoms with E-state index in [2.05, 4.69) is 31.2 Å². The average molecular weight is 345 g/mol. The van der Waals surface area contributed by atoms with Crippen molar-refractivity contribution in [2.24, 2.45) is 11.8 Å². The van der Waals surface area contributed by atoms with Gasteiger partial charge in [0.05, 0.1) is 6.61 Å². The maximum absolute atomic E-state index is 5.73. The molecule has 1 saturated heterocycles. The van der Waals surface area contributed by atoms with E-state index in [1.165, 1.54) is 63.4 Å². The summed E-state index contributed by atoms with van der Waals surface area (Å²) in [5.74, 6) is 2.50. The van der Waals surface area contributed by atoms with Crippen LogP contribution in [0, 0.1) is 11.8 Å². The molecule has 140 valence electrons. The molecule has 0 aromatic heterocycles. The van der Waals surface area contributed by atoms with E-state index in [1.807, 2.05) is 0 Å². The largest absolute Gasteiger partial charge is 0.356 e. The Morgan fingerprint density at radius 3 is 2.24 bits per heavy atom. The van der Waals surface area contributed by atoms with Crippen molar-refractivity contribution in [2.75, 3.05) is 13.7 Å². The summed E-state index contributed by atoms with van der Waals surface area (Å²) in [7, 11) is 1.74. The Bertz CT molecular complexity index is 479. The van der Waals surface area contributed by atoms with Crippen molar-refractivity contribution >= 4 is 0 Å². The van der Waals surface area contributed by atoms with Gasteiger partial charge in [-0.2, -0.15) is 0 Å². The number of aryl methyl sites for hydroxylation is 1. The lowest BCUT2D eigenvalue weighted by molar-refractivity contribution is -0.160. The number of hydrogen-bond acceptors (Lipinski definition) is 2. The predicted molar refractivity (Wildman–Crippen MR) is 104 cm³/mol. The molecule has 0 radical (unpaired) electrons. The Labute approximate surface area is 154 Å². The highest BCUT2D eigenvalue weighted by Crippen LogP contribution is 2.37. The molecule has 2 atom stereocenters. The SMILES string of the molecule is CCCC1CCC(c2ccc(CCC3CCC(OC)OC3)cc2)CC1. The minimum atomic E-state index is 0.0305. The van der Waals surface area contributed by atoms with Crippen molar-refractivity contribution in [3.63, 3.8) is 0 Å². The van der Waals surface area contributed by atoms with Gasteiger partial charge in [0, 0.05) is 7.11 Å². The predicted octanol–water partition coefficient (Wildman–Crippen LogP) is 6.09. The van der Waals surface area contributed by atoms with Gasteiger partial charge in [0.25, 0.3) is 0 Å². The second-order valence-corrected chi connectivity index (χ2v) is 8.23. The van der Waals surface area contributed by atoms with E-state index in [-0.39, 0.29) is 6.29 Å². The van der Waals surface area contributed by atoms with Crippen LogP contribution in [0.15, 0.2) is 24.3 Å². The molecular formula is C23H36O2. The Morgan fingerprint density at radius 1 is 0.920 bits per heavy atom. The normalized spacial score (nSPS) is 30.3. The van der Waals surface area contributed by atoms with E-state index < -0.39 is 0 Å². The highest BCUT2D eigenvalue weighted by atomic mass is 16.7. The van der Waals surface area contributed by atoms with Crippen LogP contribution < -0.4 is 0 Å². The summed E-state index contributed by atoms with van der Waals surface area (Å²) in [6.07, 6.45) is 13.2. The highest BCUT2D eigenvalue weighted by Gasteiger charge is 2.22. The molecule has 0 amide bonds. The lowest BCUT2D eigenvalue weighted by Gasteiger charge is -2.29. The summed E-state index contributed by atoms with van der Waals surface area (Å²) in [6.45, 7) is 3.18. The molecule has 2 unspecified atom stereocenters. The van der Waals surface area contributed by atoms with Crippen LogP contribution in [0.4, 0.5) is 0 Å². The first kappa shape index (κ1) is 18.9. The van der Waals surface area contributed by atoms with Crippen molar-refractivity contribution in [1.29, 1.82) is 0 Å². The van der Waals surface area contributed by atoms with Gasteiger partial charge in [0.15, 0.2) is 6.29 Å². The number of rotatable bonds is 7. The summed E-state index contributed by atoms with van der Waals surface area (Å²) in [4.78, 5) is 0. The summed E-state index contributed by atoms with van der Waals surface area (Å²) in [6, 6.07) is 9.54. The third-order valence-electron chi connectivity index (χ3n) is 6.43.